The minimum atomic E-state index is -4.50. The fourth-order valence-corrected chi connectivity index (χ4v) is 1.55. The van der Waals surface area contributed by atoms with Crippen molar-refractivity contribution in [2.45, 2.75) is 31.6 Å². The van der Waals surface area contributed by atoms with Crippen LogP contribution in [0.2, 0.25) is 0 Å². The second-order valence-corrected chi connectivity index (χ2v) is 4.30. The topological polar surface area (TPSA) is 17.1 Å². The molecule has 0 saturated carbocycles. The van der Waals surface area contributed by atoms with Gasteiger partial charge in [0.1, 0.15) is 12.0 Å². The smallest absolute Gasteiger partial charge is 0.303 e. The molecule has 1 unspecified atom stereocenters. The number of halogens is 4. The number of hydrogen-bond donors (Lipinski definition) is 0. The van der Waals surface area contributed by atoms with Gasteiger partial charge in [0.05, 0.1) is 11.5 Å². The SMILES string of the molecule is CC(C)(F)C(C=O)c1cccc(C(F)(F)F)c1. The van der Waals surface area contributed by atoms with Gasteiger partial charge in [-0.2, -0.15) is 13.2 Å². The molecule has 1 aromatic carbocycles. The zero-order valence-corrected chi connectivity index (χ0v) is 9.38. The summed E-state index contributed by atoms with van der Waals surface area (Å²) in [7, 11) is 0. The lowest BCUT2D eigenvalue weighted by molar-refractivity contribution is -0.137. The van der Waals surface area contributed by atoms with Crippen LogP contribution in [-0.2, 0) is 11.0 Å². The highest BCUT2D eigenvalue weighted by Gasteiger charge is 2.34. The Hall–Kier alpha value is -1.39. The van der Waals surface area contributed by atoms with Crippen molar-refractivity contribution in [2.75, 3.05) is 0 Å². The van der Waals surface area contributed by atoms with Crippen molar-refractivity contribution in [2.24, 2.45) is 0 Å². The second kappa shape index (κ2) is 4.47. The van der Waals surface area contributed by atoms with E-state index in [4.69, 9.17) is 0 Å². The van der Waals surface area contributed by atoms with Gasteiger partial charge in [-0.3, -0.25) is 0 Å². The van der Waals surface area contributed by atoms with Gasteiger partial charge in [0.2, 0.25) is 0 Å². The van der Waals surface area contributed by atoms with E-state index in [1.54, 1.807) is 0 Å². The van der Waals surface area contributed by atoms with Crippen LogP contribution in [0, 0.1) is 0 Å². The number of carbonyl (C=O) groups is 1. The Morgan fingerprint density at radius 3 is 2.18 bits per heavy atom. The summed E-state index contributed by atoms with van der Waals surface area (Å²) in [5.74, 6) is -1.20. The lowest BCUT2D eigenvalue weighted by Gasteiger charge is -2.22. The van der Waals surface area contributed by atoms with Gasteiger partial charge in [-0.1, -0.05) is 18.2 Å². The number of alkyl halides is 4. The molecule has 0 aromatic heterocycles. The fourth-order valence-electron chi connectivity index (χ4n) is 1.55. The van der Waals surface area contributed by atoms with Crippen LogP contribution in [0.3, 0.4) is 0 Å². The van der Waals surface area contributed by atoms with Gasteiger partial charge >= 0.3 is 6.18 Å². The zero-order valence-electron chi connectivity index (χ0n) is 9.38. The molecule has 0 fully saturated rings. The third-order valence-corrected chi connectivity index (χ3v) is 2.45. The molecule has 0 bridgehead atoms. The lowest BCUT2D eigenvalue weighted by Crippen LogP contribution is -2.25. The molecule has 0 aliphatic carbocycles. The summed E-state index contributed by atoms with van der Waals surface area (Å²) in [5.41, 5.74) is -2.75. The Morgan fingerprint density at radius 1 is 1.18 bits per heavy atom. The normalized spacial score (nSPS) is 14.5. The summed E-state index contributed by atoms with van der Waals surface area (Å²) >= 11 is 0. The molecule has 0 radical (unpaired) electrons. The first-order chi connectivity index (χ1) is 7.66. The van der Waals surface area contributed by atoms with Crippen LogP contribution in [0.1, 0.15) is 30.9 Å². The van der Waals surface area contributed by atoms with E-state index in [9.17, 15) is 22.4 Å². The van der Waals surface area contributed by atoms with Crippen molar-refractivity contribution in [3.63, 3.8) is 0 Å². The van der Waals surface area contributed by atoms with Gasteiger partial charge in [-0.25, -0.2) is 4.39 Å². The molecule has 0 amide bonds. The molecule has 0 spiro atoms. The highest BCUT2D eigenvalue weighted by Crippen LogP contribution is 2.34. The van der Waals surface area contributed by atoms with E-state index in [1.165, 1.54) is 12.1 Å². The summed E-state index contributed by atoms with van der Waals surface area (Å²) < 4.78 is 51.0. The molecule has 1 nitrogen and oxygen atoms in total. The lowest BCUT2D eigenvalue weighted by atomic mass is 9.86. The Bertz CT molecular complexity index is 404. The second-order valence-electron chi connectivity index (χ2n) is 4.30. The van der Waals surface area contributed by atoms with Gasteiger partial charge < -0.3 is 4.79 Å². The number of benzene rings is 1. The minimum Gasteiger partial charge on any atom is -0.303 e. The van der Waals surface area contributed by atoms with Crippen LogP contribution in [0.15, 0.2) is 24.3 Å². The maximum Gasteiger partial charge on any atom is 0.416 e. The molecular formula is C12H12F4O. The van der Waals surface area contributed by atoms with E-state index in [2.05, 4.69) is 0 Å². The van der Waals surface area contributed by atoms with Gasteiger partial charge in [0.25, 0.3) is 0 Å². The Kier molecular flexibility index (Phi) is 3.59. The summed E-state index contributed by atoms with van der Waals surface area (Å²) in [6, 6.07) is 4.17. The summed E-state index contributed by atoms with van der Waals surface area (Å²) in [4.78, 5) is 10.8. The van der Waals surface area contributed by atoms with Crippen LogP contribution in [0.5, 0.6) is 0 Å². The molecule has 94 valence electrons. The highest BCUT2D eigenvalue weighted by atomic mass is 19.4. The van der Waals surface area contributed by atoms with E-state index in [1.807, 2.05) is 0 Å². The third-order valence-electron chi connectivity index (χ3n) is 2.45. The average molecular weight is 248 g/mol. The largest absolute Gasteiger partial charge is 0.416 e. The molecule has 0 heterocycles. The zero-order chi connectivity index (χ0) is 13.3. The van der Waals surface area contributed by atoms with Crippen molar-refractivity contribution < 1.29 is 22.4 Å². The first-order valence-electron chi connectivity index (χ1n) is 4.97. The number of carbonyl (C=O) groups excluding carboxylic acids is 1. The molecule has 17 heavy (non-hydrogen) atoms. The van der Waals surface area contributed by atoms with Gasteiger partial charge in [0.15, 0.2) is 0 Å². The highest BCUT2D eigenvalue weighted by molar-refractivity contribution is 5.64. The van der Waals surface area contributed by atoms with Crippen LogP contribution in [-0.4, -0.2) is 12.0 Å². The summed E-state index contributed by atoms with van der Waals surface area (Å²) in [6.07, 6.45) is -4.17. The molecule has 5 heteroatoms. The van der Waals surface area contributed by atoms with Crippen molar-refractivity contribution in [3.8, 4) is 0 Å². The van der Waals surface area contributed by atoms with Crippen molar-refractivity contribution in [3.05, 3.63) is 35.4 Å². The molecule has 1 rings (SSSR count). The van der Waals surface area contributed by atoms with Gasteiger partial charge in [-0.05, 0) is 25.5 Å². The number of rotatable bonds is 3. The Balaban J connectivity index is 3.19. The van der Waals surface area contributed by atoms with Crippen molar-refractivity contribution >= 4 is 6.29 Å². The molecule has 0 aliphatic rings. The molecule has 0 saturated heterocycles. The predicted molar refractivity (Wildman–Crippen MR) is 55.4 cm³/mol. The summed E-state index contributed by atoms with van der Waals surface area (Å²) in [6.45, 7) is 2.32. The van der Waals surface area contributed by atoms with Gasteiger partial charge in [0, 0.05) is 0 Å². The summed E-state index contributed by atoms with van der Waals surface area (Å²) in [5, 5.41) is 0. The molecule has 0 aliphatic heterocycles. The quantitative estimate of drug-likeness (QED) is 0.588. The standard InChI is InChI=1S/C12H12F4O/c1-11(2,13)10(7-17)8-4-3-5-9(6-8)12(14,15)16/h3-7,10H,1-2H3. The van der Waals surface area contributed by atoms with E-state index in [-0.39, 0.29) is 5.56 Å². The number of hydrogen-bond acceptors (Lipinski definition) is 1. The van der Waals surface area contributed by atoms with Crippen LogP contribution in [0.4, 0.5) is 17.6 Å². The first-order valence-corrected chi connectivity index (χ1v) is 4.97. The Labute approximate surface area is 96.4 Å². The van der Waals surface area contributed by atoms with E-state index in [0.717, 1.165) is 26.0 Å². The van der Waals surface area contributed by atoms with E-state index < -0.39 is 23.3 Å². The van der Waals surface area contributed by atoms with Crippen molar-refractivity contribution in [1.82, 2.24) is 0 Å². The fraction of sp³-hybridized carbons (Fsp3) is 0.417. The molecular weight excluding hydrogens is 236 g/mol. The van der Waals surface area contributed by atoms with Crippen LogP contribution >= 0.6 is 0 Å². The maximum absolute atomic E-state index is 13.7. The van der Waals surface area contributed by atoms with Crippen LogP contribution in [0.25, 0.3) is 0 Å². The van der Waals surface area contributed by atoms with Gasteiger partial charge in [-0.15, -0.1) is 0 Å². The van der Waals surface area contributed by atoms with E-state index >= 15 is 0 Å². The monoisotopic (exact) mass is 248 g/mol. The van der Waals surface area contributed by atoms with Crippen LogP contribution < -0.4 is 0 Å². The first kappa shape index (κ1) is 13.7. The molecule has 1 aromatic rings. The average Bonchev–Trinajstić information content (AvgIpc) is 2.15. The third kappa shape index (κ3) is 3.28. The molecule has 0 N–H and O–H groups in total. The van der Waals surface area contributed by atoms with Crippen molar-refractivity contribution in [1.29, 1.82) is 0 Å². The predicted octanol–water partition coefficient (Wildman–Crippen LogP) is 3.74. The minimum absolute atomic E-state index is 0.0299. The van der Waals surface area contributed by atoms with E-state index in [0.29, 0.717) is 6.29 Å². The number of aldehydes is 1. The Morgan fingerprint density at radius 2 is 1.76 bits per heavy atom. The molecule has 1 atom stereocenters. The maximum atomic E-state index is 13.7.